The average molecular weight is 449 g/mol. The molecule has 8 rings (SSSR count). The number of ether oxygens (including phenoxy) is 1. The second kappa shape index (κ2) is 5.75. The molecule has 4 heterocycles. The van der Waals surface area contributed by atoms with Crippen LogP contribution in [0.4, 0.5) is 0 Å². The molecule has 2 bridgehead atoms. The van der Waals surface area contributed by atoms with Crippen LogP contribution in [0.15, 0.2) is 48.5 Å². The zero-order valence-corrected chi connectivity index (χ0v) is 20.0. The molecule has 3 aromatic carbocycles. The maximum atomic E-state index is 13.4. The lowest BCUT2D eigenvalue weighted by Crippen LogP contribution is -2.55. The van der Waals surface area contributed by atoms with Gasteiger partial charge in [0.15, 0.2) is 0 Å². The summed E-state index contributed by atoms with van der Waals surface area (Å²) in [6.45, 7) is 9.97. The van der Waals surface area contributed by atoms with Crippen molar-refractivity contribution >= 4 is 27.7 Å². The number of nitrogens with one attached hydrogen (secondary N) is 1. The molecule has 4 heteroatoms. The molecule has 1 aliphatic carbocycles. The van der Waals surface area contributed by atoms with E-state index in [4.69, 9.17) is 4.74 Å². The van der Waals surface area contributed by atoms with Gasteiger partial charge in [0.2, 0.25) is 0 Å². The van der Waals surface area contributed by atoms with Gasteiger partial charge in [0.25, 0.3) is 5.91 Å². The number of amides is 1. The van der Waals surface area contributed by atoms with Crippen molar-refractivity contribution in [2.45, 2.75) is 57.9 Å². The highest BCUT2D eigenvalue weighted by Crippen LogP contribution is 2.64. The van der Waals surface area contributed by atoms with Crippen molar-refractivity contribution in [2.75, 3.05) is 0 Å². The molecule has 0 spiro atoms. The topological polar surface area (TPSA) is 43.3 Å². The first kappa shape index (κ1) is 19.2. The summed E-state index contributed by atoms with van der Waals surface area (Å²) in [6.07, 6.45) is 0.948. The fourth-order valence-corrected chi connectivity index (χ4v) is 8.20. The maximum absolute atomic E-state index is 13.4. The quantitative estimate of drug-likeness (QED) is 0.344. The molecule has 0 saturated carbocycles. The van der Waals surface area contributed by atoms with E-state index in [1.165, 1.54) is 27.8 Å². The van der Waals surface area contributed by atoms with Gasteiger partial charge in [0.1, 0.15) is 5.72 Å². The summed E-state index contributed by atoms with van der Waals surface area (Å²) in [5.74, 6) is 1.07. The van der Waals surface area contributed by atoms with Crippen molar-refractivity contribution in [2.24, 2.45) is 11.8 Å². The Bertz CT molecular complexity index is 1610. The van der Waals surface area contributed by atoms with Crippen LogP contribution in [0.3, 0.4) is 0 Å². The zero-order chi connectivity index (χ0) is 23.1. The minimum Gasteiger partial charge on any atom is -0.348 e. The van der Waals surface area contributed by atoms with Crippen LogP contribution in [0.25, 0.3) is 32.9 Å². The van der Waals surface area contributed by atoms with Crippen molar-refractivity contribution in [3.05, 3.63) is 70.8 Å². The molecular weight excluding hydrogens is 420 g/mol. The Morgan fingerprint density at radius 3 is 2.65 bits per heavy atom. The van der Waals surface area contributed by atoms with Gasteiger partial charge in [-0.15, -0.1) is 0 Å². The minimum absolute atomic E-state index is 0.0490. The van der Waals surface area contributed by atoms with Crippen LogP contribution in [0.5, 0.6) is 0 Å². The van der Waals surface area contributed by atoms with Crippen molar-refractivity contribution in [1.29, 1.82) is 0 Å². The van der Waals surface area contributed by atoms with E-state index in [0.29, 0.717) is 18.4 Å². The third-order valence-corrected chi connectivity index (χ3v) is 9.68. The summed E-state index contributed by atoms with van der Waals surface area (Å²) in [6, 6.07) is 17.4. The molecule has 3 aliphatic heterocycles. The highest BCUT2D eigenvalue weighted by atomic mass is 16.5. The van der Waals surface area contributed by atoms with E-state index in [1.54, 1.807) is 0 Å². The lowest BCUT2D eigenvalue weighted by Gasteiger charge is -2.53. The van der Waals surface area contributed by atoms with Crippen molar-refractivity contribution in [3.63, 3.8) is 0 Å². The van der Waals surface area contributed by atoms with Gasteiger partial charge in [-0.3, -0.25) is 4.79 Å². The molecule has 34 heavy (non-hydrogen) atoms. The standard InChI is InChI=1S/C30H28N2O2/c1-15-13-29(3)32-21-12-8-7-11-19(21)23-24-20(14-31-28(24)33)22-17-9-5-6-10-18(17)26(25(22)27(23)32)30(4,34-29)16(15)2/h5-12,15-16,26H,13-14H2,1-4H3,(H,31,33)/t15-,16-,26?,29+,30+/m0/s1. The molecule has 4 aromatic rings. The highest BCUT2D eigenvalue weighted by molar-refractivity contribution is 6.23. The number of hydrogen-bond acceptors (Lipinski definition) is 2. The summed E-state index contributed by atoms with van der Waals surface area (Å²) in [5, 5.41) is 5.43. The van der Waals surface area contributed by atoms with Crippen LogP contribution >= 0.6 is 0 Å². The van der Waals surface area contributed by atoms with Gasteiger partial charge in [-0.05, 0) is 66.0 Å². The van der Waals surface area contributed by atoms with E-state index in [1.807, 2.05) is 0 Å². The van der Waals surface area contributed by atoms with Gasteiger partial charge in [0.05, 0.1) is 22.2 Å². The van der Waals surface area contributed by atoms with Crippen LogP contribution in [0, 0.1) is 11.8 Å². The number of carbonyl (C=O) groups excluding carboxylic acids is 1. The largest absolute Gasteiger partial charge is 0.348 e. The Balaban J connectivity index is 1.70. The number of carbonyl (C=O) groups is 1. The molecule has 1 aromatic heterocycles. The average Bonchev–Trinajstić information content (AvgIpc) is 3.45. The maximum Gasteiger partial charge on any atom is 0.252 e. The number of fused-ring (bicyclic) bond motifs is 13. The van der Waals surface area contributed by atoms with E-state index < -0.39 is 5.72 Å². The molecule has 170 valence electrons. The molecule has 4 aliphatic rings. The fraction of sp³-hybridized carbons (Fsp3) is 0.367. The fourth-order valence-electron chi connectivity index (χ4n) is 8.20. The third-order valence-electron chi connectivity index (χ3n) is 9.68. The van der Waals surface area contributed by atoms with Gasteiger partial charge >= 0.3 is 0 Å². The van der Waals surface area contributed by atoms with Crippen molar-refractivity contribution in [3.8, 4) is 11.1 Å². The SMILES string of the molecule is C[C@H]1C[C@@]2(C)O[C@@](C)(C3c4ccccc4-c4c5c(c6c7ccccc7n2c6c43)C(=O)NC5)[C@H]1C. The Morgan fingerprint density at radius 1 is 1.03 bits per heavy atom. The molecule has 1 unspecified atom stereocenters. The predicted molar refractivity (Wildman–Crippen MR) is 134 cm³/mol. The number of hydrogen-bond donors (Lipinski definition) is 1. The molecule has 0 radical (unpaired) electrons. The van der Waals surface area contributed by atoms with Gasteiger partial charge < -0.3 is 14.6 Å². The number of rotatable bonds is 0. The Kier molecular flexibility index (Phi) is 3.25. The highest BCUT2D eigenvalue weighted by Gasteiger charge is 2.59. The summed E-state index contributed by atoms with van der Waals surface area (Å²) in [5.41, 5.74) is 8.81. The molecule has 1 N–H and O–H groups in total. The second-order valence-corrected chi connectivity index (χ2v) is 11.4. The number of aromatic nitrogens is 1. The van der Waals surface area contributed by atoms with Crippen LogP contribution < -0.4 is 5.32 Å². The first-order valence-electron chi connectivity index (χ1n) is 12.5. The zero-order valence-electron chi connectivity index (χ0n) is 20.0. The minimum atomic E-state index is -0.488. The predicted octanol–water partition coefficient (Wildman–Crippen LogP) is 6.29. The lowest BCUT2D eigenvalue weighted by atomic mass is 9.66. The van der Waals surface area contributed by atoms with E-state index in [-0.39, 0.29) is 17.4 Å². The first-order valence-corrected chi connectivity index (χ1v) is 12.5. The van der Waals surface area contributed by atoms with E-state index in [0.717, 1.165) is 33.8 Å². The van der Waals surface area contributed by atoms with E-state index >= 15 is 0 Å². The van der Waals surface area contributed by atoms with Crippen molar-refractivity contribution < 1.29 is 9.53 Å². The van der Waals surface area contributed by atoms with Crippen LogP contribution in [-0.2, 0) is 17.0 Å². The summed E-state index contributed by atoms with van der Waals surface area (Å²) >= 11 is 0. The van der Waals surface area contributed by atoms with Gasteiger partial charge in [-0.25, -0.2) is 0 Å². The molecule has 5 atom stereocenters. The van der Waals surface area contributed by atoms with Gasteiger partial charge in [-0.1, -0.05) is 56.3 Å². The van der Waals surface area contributed by atoms with Crippen molar-refractivity contribution in [1.82, 2.24) is 9.88 Å². The van der Waals surface area contributed by atoms with Crippen LogP contribution in [0.2, 0.25) is 0 Å². The monoisotopic (exact) mass is 448 g/mol. The first-order chi connectivity index (χ1) is 16.3. The molecule has 1 fully saturated rings. The number of benzene rings is 3. The van der Waals surface area contributed by atoms with E-state index in [9.17, 15) is 4.79 Å². The molecular formula is C30H28N2O2. The lowest BCUT2D eigenvalue weighted by molar-refractivity contribution is -0.252. The third kappa shape index (κ3) is 1.90. The molecule has 1 amide bonds. The molecule has 4 nitrogen and oxygen atoms in total. The van der Waals surface area contributed by atoms with E-state index in [2.05, 4.69) is 86.1 Å². The Labute approximate surface area is 198 Å². The normalized spacial score (nSPS) is 32.6. The van der Waals surface area contributed by atoms with Gasteiger partial charge in [0, 0.05) is 23.2 Å². The number of para-hydroxylation sites is 1. The Morgan fingerprint density at radius 2 is 1.79 bits per heavy atom. The van der Waals surface area contributed by atoms with Crippen LogP contribution in [0.1, 0.15) is 67.1 Å². The van der Waals surface area contributed by atoms with Crippen LogP contribution in [-0.4, -0.2) is 16.1 Å². The summed E-state index contributed by atoms with van der Waals surface area (Å²) < 4.78 is 9.83. The molecule has 1 saturated heterocycles. The van der Waals surface area contributed by atoms with Gasteiger partial charge in [-0.2, -0.15) is 0 Å². The smallest absolute Gasteiger partial charge is 0.252 e. The second-order valence-electron chi connectivity index (χ2n) is 11.4. The number of nitrogens with zero attached hydrogens (tertiary/aromatic N) is 1. The summed E-state index contributed by atoms with van der Waals surface area (Å²) in [7, 11) is 0. The summed E-state index contributed by atoms with van der Waals surface area (Å²) in [4.78, 5) is 13.4. The Hall–Kier alpha value is -3.11.